The van der Waals surface area contributed by atoms with Crippen LogP contribution >= 0.6 is 0 Å². The number of sulfonamides is 1. The van der Waals surface area contributed by atoms with E-state index in [1.54, 1.807) is 0 Å². The van der Waals surface area contributed by atoms with Crippen molar-refractivity contribution in [3.63, 3.8) is 0 Å². The van der Waals surface area contributed by atoms with Crippen LogP contribution in [0.1, 0.15) is 52.4 Å². The largest absolute Gasteiger partial charge is 0.317 e. The summed E-state index contributed by atoms with van der Waals surface area (Å²) >= 11 is 0. The molecule has 0 aromatic heterocycles. The Labute approximate surface area is 112 Å². The summed E-state index contributed by atoms with van der Waals surface area (Å²) in [5.74, 6) is 0.236. The lowest BCUT2D eigenvalue weighted by atomic mass is 9.89. The SMILES string of the molecule is CCCNCCCS(=O)(=O)NCC1(C)CCCC1. The van der Waals surface area contributed by atoms with Crippen LogP contribution in [0.25, 0.3) is 0 Å². The number of nitrogens with one attached hydrogen (secondary N) is 2. The Balaban J connectivity index is 2.19. The van der Waals surface area contributed by atoms with Gasteiger partial charge in [0, 0.05) is 6.54 Å². The van der Waals surface area contributed by atoms with Crippen molar-refractivity contribution in [3.8, 4) is 0 Å². The Morgan fingerprint density at radius 3 is 2.44 bits per heavy atom. The maximum absolute atomic E-state index is 11.8. The molecular weight excluding hydrogens is 248 g/mol. The van der Waals surface area contributed by atoms with Crippen LogP contribution in [0.5, 0.6) is 0 Å². The summed E-state index contributed by atoms with van der Waals surface area (Å²) in [5, 5.41) is 3.22. The zero-order valence-corrected chi connectivity index (χ0v) is 12.6. The number of rotatable bonds is 9. The van der Waals surface area contributed by atoms with Crippen molar-refractivity contribution in [1.29, 1.82) is 0 Å². The average Bonchev–Trinajstić information content (AvgIpc) is 2.74. The minimum Gasteiger partial charge on any atom is -0.317 e. The lowest BCUT2D eigenvalue weighted by molar-refractivity contribution is 0.336. The quantitative estimate of drug-likeness (QED) is 0.632. The van der Waals surface area contributed by atoms with E-state index in [0.717, 1.165) is 32.4 Å². The molecule has 0 heterocycles. The summed E-state index contributed by atoms with van der Waals surface area (Å²) in [4.78, 5) is 0. The van der Waals surface area contributed by atoms with Crippen molar-refractivity contribution in [2.24, 2.45) is 5.41 Å². The van der Waals surface area contributed by atoms with E-state index < -0.39 is 10.0 Å². The molecule has 0 spiro atoms. The first-order valence-electron chi connectivity index (χ1n) is 7.15. The lowest BCUT2D eigenvalue weighted by Crippen LogP contribution is -2.36. The van der Waals surface area contributed by atoms with E-state index >= 15 is 0 Å². The maximum atomic E-state index is 11.8. The molecular formula is C13H28N2O2S. The third-order valence-corrected chi connectivity index (χ3v) is 5.13. The predicted octanol–water partition coefficient (Wildman–Crippen LogP) is 1.88. The highest BCUT2D eigenvalue weighted by Crippen LogP contribution is 2.36. The Bertz CT molecular complexity index is 322. The van der Waals surface area contributed by atoms with Gasteiger partial charge >= 0.3 is 0 Å². The van der Waals surface area contributed by atoms with Crippen LogP contribution in [0.2, 0.25) is 0 Å². The van der Waals surface area contributed by atoms with Gasteiger partial charge in [0.2, 0.25) is 10.0 Å². The molecule has 5 heteroatoms. The van der Waals surface area contributed by atoms with E-state index in [-0.39, 0.29) is 11.2 Å². The van der Waals surface area contributed by atoms with E-state index in [1.807, 2.05) is 0 Å². The molecule has 108 valence electrons. The van der Waals surface area contributed by atoms with Gasteiger partial charge in [-0.3, -0.25) is 0 Å². The second-order valence-electron chi connectivity index (χ2n) is 5.76. The Morgan fingerprint density at radius 1 is 1.17 bits per heavy atom. The van der Waals surface area contributed by atoms with Gasteiger partial charge in [-0.2, -0.15) is 0 Å². The molecule has 1 fully saturated rings. The molecule has 0 aromatic carbocycles. The number of hydrogen-bond acceptors (Lipinski definition) is 3. The molecule has 1 aliphatic rings. The van der Waals surface area contributed by atoms with E-state index in [9.17, 15) is 8.42 Å². The van der Waals surface area contributed by atoms with Crippen molar-refractivity contribution in [3.05, 3.63) is 0 Å². The monoisotopic (exact) mass is 276 g/mol. The number of hydrogen-bond donors (Lipinski definition) is 2. The van der Waals surface area contributed by atoms with Crippen LogP contribution in [0.3, 0.4) is 0 Å². The standard InChI is InChI=1S/C13H28N2O2S/c1-3-9-14-10-6-11-18(16,17)15-12-13(2)7-4-5-8-13/h14-15H,3-12H2,1-2H3. The molecule has 4 nitrogen and oxygen atoms in total. The molecule has 2 N–H and O–H groups in total. The van der Waals surface area contributed by atoms with Gasteiger partial charge in [-0.15, -0.1) is 0 Å². The highest BCUT2D eigenvalue weighted by molar-refractivity contribution is 7.89. The smallest absolute Gasteiger partial charge is 0.211 e. The fourth-order valence-corrected chi connectivity index (χ4v) is 3.69. The van der Waals surface area contributed by atoms with Crippen LogP contribution in [0, 0.1) is 5.41 Å². The molecule has 0 aliphatic heterocycles. The van der Waals surface area contributed by atoms with E-state index in [2.05, 4.69) is 23.9 Å². The average molecular weight is 276 g/mol. The Hall–Kier alpha value is -0.130. The van der Waals surface area contributed by atoms with Crippen molar-refractivity contribution in [1.82, 2.24) is 10.0 Å². The summed E-state index contributed by atoms with van der Waals surface area (Å²) in [7, 11) is -3.08. The molecule has 0 atom stereocenters. The van der Waals surface area contributed by atoms with Crippen LogP contribution in [-0.2, 0) is 10.0 Å². The van der Waals surface area contributed by atoms with Crippen molar-refractivity contribution < 1.29 is 8.42 Å². The van der Waals surface area contributed by atoms with Gasteiger partial charge in [-0.25, -0.2) is 13.1 Å². The molecule has 0 radical (unpaired) electrons. The molecule has 1 aliphatic carbocycles. The highest BCUT2D eigenvalue weighted by Gasteiger charge is 2.29. The van der Waals surface area contributed by atoms with Gasteiger partial charge in [0.1, 0.15) is 0 Å². The van der Waals surface area contributed by atoms with E-state index in [1.165, 1.54) is 12.8 Å². The van der Waals surface area contributed by atoms with Crippen molar-refractivity contribution in [2.45, 2.75) is 52.4 Å². The topological polar surface area (TPSA) is 58.2 Å². The zero-order chi connectivity index (χ0) is 13.5. The highest BCUT2D eigenvalue weighted by atomic mass is 32.2. The van der Waals surface area contributed by atoms with E-state index in [0.29, 0.717) is 13.0 Å². The second-order valence-corrected chi connectivity index (χ2v) is 7.69. The first kappa shape index (κ1) is 15.9. The second kappa shape index (κ2) is 7.46. The van der Waals surface area contributed by atoms with Gasteiger partial charge < -0.3 is 5.32 Å². The van der Waals surface area contributed by atoms with E-state index in [4.69, 9.17) is 0 Å². The third kappa shape index (κ3) is 6.16. The van der Waals surface area contributed by atoms with Crippen LogP contribution < -0.4 is 10.0 Å². The molecule has 0 unspecified atom stereocenters. The lowest BCUT2D eigenvalue weighted by Gasteiger charge is -2.23. The molecule has 0 bridgehead atoms. The maximum Gasteiger partial charge on any atom is 0.211 e. The molecule has 0 amide bonds. The third-order valence-electron chi connectivity index (χ3n) is 3.72. The fraction of sp³-hybridized carbons (Fsp3) is 1.00. The minimum absolute atomic E-state index is 0.188. The summed E-state index contributed by atoms with van der Waals surface area (Å²) in [6.07, 6.45) is 6.54. The molecule has 1 rings (SSSR count). The normalized spacial score (nSPS) is 19.2. The van der Waals surface area contributed by atoms with Gasteiger partial charge in [0.15, 0.2) is 0 Å². The molecule has 0 aromatic rings. The first-order chi connectivity index (χ1) is 8.47. The summed E-state index contributed by atoms with van der Waals surface area (Å²) in [5.41, 5.74) is 0.188. The van der Waals surface area contributed by atoms with Crippen LogP contribution in [-0.4, -0.2) is 33.8 Å². The summed E-state index contributed by atoms with van der Waals surface area (Å²) in [6, 6.07) is 0. The molecule has 0 saturated heterocycles. The van der Waals surface area contributed by atoms with Crippen LogP contribution in [0.15, 0.2) is 0 Å². The zero-order valence-electron chi connectivity index (χ0n) is 11.8. The molecule has 1 saturated carbocycles. The predicted molar refractivity (Wildman–Crippen MR) is 76.1 cm³/mol. The Morgan fingerprint density at radius 2 is 1.83 bits per heavy atom. The fourth-order valence-electron chi connectivity index (χ4n) is 2.45. The van der Waals surface area contributed by atoms with Crippen LogP contribution in [0.4, 0.5) is 0 Å². The van der Waals surface area contributed by atoms with Gasteiger partial charge in [-0.05, 0) is 44.2 Å². The van der Waals surface area contributed by atoms with Gasteiger partial charge in [0.25, 0.3) is 0 Å². The summed E-state index contributed by atoms with van der Waals surface area (Å²) in [6.45, 7) is 6.65. The van der Waals surface area contributed by atoms with Crippen molar-refractivity contribution in [2.75, 3.05) is 25.4 Å². The summed E-state index contributed by atoms with van der Waals surface area (Å²) < 4.78 is 26.4. The van der Waals surface area contributed by atoms with Crippen molar-refractivity contribution >= 4 is 10.0 Å². The molecule has 18 heavy (non-hydrogen) atoms. The first-order valence-corrected chi connectivity index (χ1v) is 8.81. The van der Waals surface area contributed by atoms with Gasteiger partial charge in [0.05, 0.1) is 5.75 Å². The van der Waals surface area contributed by atoms with Gasteiger partial charge in [-0.1, -0.05) is 26.7 Å². The Kier molecular flexibility index (Phi) is 6.60. The minimum atomic E-state index is -3.08.